The zero-order chi connectivity index (χ0) is 19.8. The normalized spacial score (nSPS) is 11.5. The molecular weight excluding hydrogens is 354 g/mol. The highest BCUT2D eigenvalue weighted by Crippen LogP contribution is 2.13. The molecule has 0 aliphatic heterocycles. The van der Waals surface area contributed by atoms with Gasteiger partial charge in [-0.25, -0.2) is 9.67 Å². The Kier molecular flexibility index (Phi) is 4.27. The smallest absolute Gasteiger partial charge is 0.282 e. The van der Waals surface area contributed by atoms with Crippen LogP contribution in [0.3, 0.4) is 0 Å². The van der Waals surface area contributed by atoms with E-state index in [0.29, 0.717) is 28.0 Å². The Bertz CT molecular complexity index is 1330. The Morgan fingerprint density at radius 3 is 2.46 bits per heavy atom. The van der Waals surface area contributed by atoms with Crippen molar-refractivity contribution in [3.05, 3.63) is 91.9 Å². The molecule has 0 aliphatic carbocycles. The van der Waals surface area contributed by atoms with Crippen LogP contribution in [0.1, 0.15) is 22.6 Å². The number of nitrogens with zero attached hydrogens (tertiary/aromatic N) is 4. The van der Waals surface area contributed by atoms with E-state index < -0.39 is 0 Å². The molecular formula is C21H19N5O2. The summed E-state index contributed by atoms with van der Waals surface area (Å²) < 4.78 is 2.68. The number of H-pyrrole nitrogens is 1. The summed E-state index contributed by atoms with van der Waals surface area (Å²) in [5.74, 6) is 0.458. The van der Waals surface area contributed by atoms with Gasteiger partial charge in [0.1, 0.15) is 5.82 Å². The molecule has 0 saturated heterocycles. The zero-order valence-electron chi connectivity index (χ0n) is 15.8. The second-order valence-electron chi connectivity index (χ2n) is 6.62. The maximum absolute atomic E-state index is 12.8. The highest BCUT2D eigenvalue weighted by molar-refractivity contribution is 5.82. The molecule has 2 heterocycles. The highest BCUT2D eigenvalue weighted by Gasteiger charge is 2.12. The Hall–Kier alpha value is -3.74. The molecule has 28 heavy (non-hydrogen) atoms. The van der Waals surface area contributed by atoms with Crippen LogP contribution < -0.4 is 11.1 Å². The van der Waals surface area contributed by atoms with E-state index in [1.807, 2.05) is 49.4 Å². The summed E-state index contributed by atoms with van der Waals surface area (Å²) in [6.45, 7) is 5.42. The molecule has 7 heteroatoms. The van der Waals surface area contributed by atoms with Crippen molar-refractivity contribution in [2.24, 2.45) is 5.10 Å². The second-order valence-corrected chi connectivity index (χ2v) is 6.62. The van der Waals surface area contributed by atoms with E-state index in [-0.39, 0.29) is 11.1 Å². The first-order valence-electron chi connectivity index (χ1n) is 8.88. The number of hydrogen-bond acceptors (Lipinski definition) is 4. The predicted octanol–water partition coefficient (Wildman–Crippen LogP) is 2.68. The summed E-state index contributed by atoms with van der Waals surface area (Å²) in [4.78, 5) is 30.1. The Labute approximate surface area is 160 Å². The molecule has 140 valence electrons. The van der Waals surface area contributed by atoms with Crippen LogP contribution in [0.5, 0.6) is 0 Å². The third-order valence-corrected chi connectivity index (χ3v) is 4.67. The molecule has 1 N–H and O–H groups in total. The maximum Gasteiger partial charge on any atom is 0.282 e. The van der Waals surface area contributed by atoms with Crippen LogP contribution in [0.2, 0.25) is 0 Å². The minimum Gasteiger partial charge on any atom is -0.295 e. The minimum absolute atomic E-state index is 0.234. The minimum atomic E-state index is -0.265. The fourth-order valence-electron chi connectivity index (χ4n) is 3.17. The number of aryl methyl sites for hydroxylation is 3. The average Bonchev–Trinajstić information content (AvgIpc) is 2.97. The van der Waals surface area contributed by atoms with E-state index in [2.05, 4.69) is 15.2 Å². The topological polar surface area (TPSA) is 85.0 Å². The summed E-state index contributed by atoms with van der Waals surface area (Å²) in [5, 5.41) is 7.80. The number of rotatable bonds is 3. The molecule has 0 radical (unpaired) electrons. The molecule has 0 saturated carbocycles. The lowest BCUT2D eigenvalue weighted by Gasteiger charge is -2.06. The van der Waals surface area contributed by atoms with Crippen LogP contribution in [0.4, 0.5) is 0 Å². The van der Waals surface area contributed by atoms with Crippen molar-refractivity contribution in [3.63, 3.8) is 0 Å². The predicted molar refractivity (Wildman–Crippen MR) is 110 cm³/mol. The van der Waals surface area contributed by atoms with E-state index in [1.54, 1.807) is 19.9 Å². The fourth-order valence-corrected chi connectivity index (χ4v) is 3.17. The SMILES string of the molecule is Cc1[nH]n(-c2ccccc2)c(=O)c1C=Nn1c(C)nc2c(C)cccc2c1=O. The molecule has 2 aromatic heterocycles. The molecule has 0 aliphatic rings. The standard InChI is InChI=1S/C21H19N5O2/c1-13-8-7-11-17-19(13)23-15(3)25(20(17)27)22-12-18-14(2)24-26(21(18)28)16-9-5-4-6-10-16/h4-12,24H,1-3H3. The van der Waals surface area contributed by atoms with Gasteiger partial charge >= 0.3 is 0 Å². The van der Waals surface area contributed by atoms with Crippen molar-refractivity contribution >= 4 is 17.1 Å². The molecule has 4 aromatic rings. The van der Waals surface area contributed by atoms with Gasteiger partial charge in [0.2, 0.25) is 0 Å². The van der Waals surface area contributed by atoms with Crippen molar-refractivity contribution in [1.29, 1.82) is 0 Å². The first kappa shape index (κ1) is 17.7. The van der Waals surface area contributed by atoms with Crippen molar-refractivity contribution < 1.29 is 0 Å². The van der Waals surface area contributed by atoms with Crippen LogP contribution in [-0.2, 0) is 0 Å². The van der Waals surface area contributed by atoms with Crippen molar-refractivity contribution in [2.75, 3.05) is 0 Å². The summed E-state index contributed by atoms with van der Waals surface area (Å²) in [6, 6.07) is 14.7. The molecule has 2 aromatic carbocycles. The third kappa shape index (κ3) is 2.87. The summed E-state index contributed by atoms with van der Waals surface area (Å²) in [5.41, 5.74) is 2.88. The first-order valence-corrected chi connectivity index (χ1v) is 8.88. The van der Waals surface area contributed by atoms with Crippen molar-refractivity contribution in [2.45, 2.75) is 20.8 Å². The van der Waals surface area contributed by atoms with Gasteiger partial charge in [-0.1, -0.05) is 30.3 Å². The zero-order valence-corrected chi connectivity index (χ0v) is 15.8. The average molecular weight is 373 g/mol. The van der Waals surface area contributed by atoms with Gasteiger partial charge in [-0.2, -0.15) is 9.78 Å². The number of hydrogen-bond donors (Lipinski definition) is 1. The van der Waals surface area contributed by atoms with Gasteiger partial charge in [-0.15, -0.1) is 0 Å². The number of aromatic amines is 1. The number of nitrogens with one attached hydrogen (secondary N) is 1. The van der Waals surface area contributed by atoms with E-state index in [9.17, 15) is 9.59 Å². The molecule has 0 amide bonds. The highest BCUT2D eigenvalue weighted by atomic mass is 16.1. The Balaban J connectivity index is 1.82. The monoisotopic (exact) mass is 373 g/mol. The number of aromatic nitrogens is 4. The Morgan fingerprint density at radius 1 is 0.964 bits per heavy atom. The van der Waals surface area contributed by atoms with E-state index in [4.69, 9.17) is 0 Å². The van der Waals surface area contributed by atoms with E-state index in [1.165, 1.54) is 15.6 Å². The van der Waals surface area contributed by atoms with Gasteiger partial charge in [0.05, 0.1) is 28.4 Å². The third-order valence-electron chi connectivity index (χ3n) is 4.67. The van der Waals surface area contributed by atoms with Gasteiger partial charge in [-0.05, 0) is 44.5 Å². The quantitative estimate of drug-likeness (QED) is 0.560. The summed E-state index contributed by atoms with van der Waals surface area (Å²) >= 11 is 0. The van der Waals surface area contributed by atoms with Gasteiger partial charge < -0.3 is 0 Å². The first-order chi connectivity index (χ1) is 13.5. The van der Waals surface area contributed by atoms with Crippen LogP contribution in [0.15, 0.2) is 63.2 Å². The van der Waals surface area contributed by atoms with E-state index >= 15 is 0 Å². The summed E-state index contributed by atoms with van der Waals surface area (Å²) in [7, 11) is 0. The molecule has 0 atom stereocenters. The van der Waals surface area contributed by atoms with Gasteiger partial charge in [-0.3, -0.25) is 14.7 Å². The largest absolute Gasteiger partial charge is 0.295 e. The number of fused-ring (bicyclic) bond motifs is 1. The second kappa shape index (κ2) is 6.77. The molecule has 7 nitrogen and oxygen atoms in total. The molecule has 0 spiro atoms. The molecule has 0 bridgehead atoms. The summed E-state index contributed by atoms with van der Waals surface area (Å²) in [6.07, 6.45) is 1.41. The van der Waals surface area contributed by atoms with Gasteiger partial charge in [0.25, 0.3) is 11.1 Å². The number of benzene rings is 2. The van der Waals surface area contributed by atoms with E-state index in [0.717, 1.165) is 11.3 Å². The maximum atomic E-state index is 12.8. The van der Waals surface area contributed by atoms with Gasteiger partial charge in [0.15, 0.2) is 0 Å². The number of para-hydroxylation sites is 2. The van der Waals surface area contributed by atoms with Crippen molar-refractivity contribution in [3.8, 4) is 5.69 Å². The lowest BCUT2D eigenvalue weighted by Crippen LogP contribution is -2.22. The Morgan fingerprint density at radius 2 is 1.71 bits per heavy atom. The van der Waals surface area contributed by atoms with Crippen LogP contribution in [0, 0.1) is 20.8 Å². The van der Waals surface area contributed by atoms with Crippen molar-refractivity contribution in [1.82, 2.24) is 19.4 Å². The lowest BCUT2D eigenvalue weighted by atomic mass is 10.1. The van der Waals surface area contributed by atoms with Gasteiger partial charge in [0, 0.05) is 5.69 Å². The van der Waals surface area contributed by atoms with Crippen LogP contribution in [0.25, 0.3) is 16.6 Å². The fraction of sp³-hybridized carbons (Fsp3) is 0.143. The lowest BCUT2D eigenvalue weighted by molar-refractivity contribution is 0.770. The molecule has 0 unspecified atom stereocenters. The molecule has 0 fully saturated rings. The molecule has 4 rings (SSSR count). The van der Waals surface area contributed by atoms with Crippen LogP contribution >= 0.6 is 0 Å². The van der Waals surface area contributed by atoms with Crippen LogP contribution in [-0.4, -0.2) is 25.7 Å².